The fraction of sp³-hybridized carbons (Fsp3) is 0.267. The number of nitrogens with one attached hydrogen (secondary N) is 2. The molecule has 13 heteroatoms. The lowest BCUT2D eigenvalue weighted by Gasteiger charge is -2.16. The average Bonchev–Trinajstić information content (AvgIpc) is 3.70. The van der Waals surface area contributed by atoms with E-state index in [4.69, 9.17) is 4.74 Å². The molecular formula is C30H32N6O5S2. The van der Waals surface area contributed by atoms with Gasteiger partial charge in [-0.25, -0.2) is 8.42 Å². The molecule has 1 aliphatic heterocycles. The van der Waals surface area contributed by atoms with Gasteiger partial charge in [-0.1, -0.05) is 36.0 Å². The van der Waals surface area contributed by atoms with E-state index in [0.717, 1.165) is 18.4 Å². The number of thioether (sulfide) groups is 1. The van der Waals surface area contributed by atoms with E-state index in [1.54, 1.807) is 17.7 Å². The quantitative estimate of drug-likeness (QED) is 0.240. The third-order valence-electron chi connectivity index (χ3n) is 6.89. The molecule has 4 aromatic rings. The topological polar surface area (TPSA) is 136 Å². The van der Waals surface area contributed by atoms with Crippen LogP contribution in [-0.4, -0.2) is 65.3 Å². The molecule has 0 bridgehead atoms. The minimum Gasteiger partial charge on any atom is -0.495 e. The summed E-state index contributed by atoms with van der Waals surface area (Å²) in [6.45, 7) is 2.99. The van der Waals surface area contributed by atoms with Crippen molar-refractivity contribution in [2.24, 2.45) is 0 Å². The van der Waals surface area contributed by atoms with Gasteiger partial charge in [-0.05, 0) is 73.9 Å². The van der Waals surface area contributed by atoms with Crippen LogP contribution in [0, 0.1) is 6.92 Å². The Kier molecular flexibility index (Phi) is 9.43. The predicted octanol–water partition coefficient (Wildman–Crippen LogP) is 4.03. The highest BCUT2D eigenvalue weighted by Gasteiger charge is 2.27. The fourth-order valence-corrected chi connectivity index (χ4v) is 7.01. The first-order chi connectivity index (χ1) is 20.8. The van der Waals surface area contributed by atoms with Crippen molar-refractivity contribution < 1.29 is 22.7 Å². The summed E-state index contributed by atoms with van der Waals surface area (Å²) in [4.78, 5) is 25.9. The molecule has 1 aliphatic rings. The van der Waals surface area contributed by atoms with Crippen LogP contribution in [0.4, 0.5) is 5.69 Å². The van der Waals surface area contributed by atoms with E-state index in [2.05, 4.69) is 20.8 Å². The Morgan fingerprint density at radius 1 is 0.977 bits per heavy atom. The Labute approximate surface area is 254 Å². The largest absolute Gasteiger partial charge is 0.495 e. The summed E-state index contributed by atoms with van der Waals surface area (Å²) >= 11 is 1.21. The third kappa shape index (κ3) is 7.07. The number of benzene rings is 3. The van der Waals surface area contributed by atoms with Gasteiger partial charge in [0.15, 0.2) is 11.0 Å². The van der Waals surface area contributed by atoms with E-state index < -0.39 is 15.9 Å². The molecule has 0 radical (unpaired) electrons. The Balaban J connectivity index is 1.31. The van der Waals surface area contributed by atoms with Crippen molar-refractivity contribution in [3.05, 3.63) is 89.7 Å². The maximum Gasteiger partial charge on any atom is 0.251 e. The first-order valence-electron chi connectivity index (χ1n) is 13.7. The SMILES string of the molecule is COc1ccccc1-n1c(CNC(=O)c2ccc(S(=O)(=O)N3CCCC3)cc2)nnc1SCC(=O)Nc1cccc(C)c1. The molecule has 0 spiro atoms. The summed E-state index contributed by atoms with van der Waals surface area (Å²) < 4.78 is 34.4. The van der Waals surface area contributed by atoms with Gasteiger partial charge in [0.25, 0.3) is 5.91 Å². The van der Waals surface area contributed by atoms with Crippen molar-refractivity contribution in [3.8, 4) is 11.4 Å². The molecular weight excluding hydrogens is 589 g/mol. The lowest BCUT2D eigenvalue weighted by atomic mass is 10.2. The number of ether oxygens (including phenoxy) is 1. The second kappa shape index (κ2) is 13.4. The van der Waals surface area contributed by atoms with Gasteiger partial charge in [0.1, 0.15) is 5.75 Å². The van der Waals surface area contributed by atoms with Crippen molar-refractivity contribution in [1.82, 2.24) is 24.4 Å². The maximum absolute atomic E-state index is 13.0. The van der Waals surface area contributed by atoms with Crippen LogP contribution in [0.1, 0.15) is 34.6 Å². The number of carbonyl (C=O) groups is 2. The molecule has 0 unspecified atom stereocenters. The number of sulfonamides is 1. The highest BCUT2D eigenvalue weighted by molar-refractivity contribution is 7.99. The molecule has 2 N–H and O–H groups in total. The number of rotatable bonds is 11. The first-order valence-corrected chi connectivity index (χ1v) is 16.1. The zero-order chi connectivity index (χ0) is 30.4. The molecule has 224 valence electrons. The van der Waals surface area contributed by atoms with Gasteiger partial charge in [-0.3, -0.25) is 14.2 Å². The van der Waals surface area contributed by atoms with Gasteiger partial charge in [0.2, 0.25) is 15.9 Å². The Hall–Kier alpha value is -4.20. The summed E-state index contributed by atoms with van der Waals surface area (Å²) in [5.41, 5.74) is 2.71. The average molecular weight is 621 g/mol. The molecule has 0 saturated carbocycles. The number of hydrogen-bond donors (Lipinski definition) is 2. The number of nitrogens with zero attached hydrogens (tertiary/aromatic N) is 4. The highest BCUT2D eigenvalue weighted by atomic mass is 32.2. The number of para-hydroxylation sites is 2. The lowest BCUT2D eigenvalue weighted by Crippen LogP contribution is -2.28. The smallest absolute Gasteiger partial charge is 0.251 e. The standard InChI is InChI=1S/C30H32N6O5S2/c1-21-8-7-9-23(18-21)32-28(37)20-42-30-34-33-27(36(30)25-10-3-4-11-26(25)41-2)19-31-29(38)22-12-14-24(15-13-22)43(39,40)35-16-5-6-17-35/h3-4,7-15,18H,5-6,16-17,19-20H2,1-2H3,(H,31,38)(H,32,37). The van der Waals surface area contributed by atoms with E-state index in [-0.39, 0.29) is 23.1 Å². The highest BCUT2D eigenvalue weighted by Crippen LogP contribution is 2.29. The molecule has 43 heavy (non-hydrogen) atoms. The van der Waals surface area contributed by atoms with E-state index in [1.165, 1.54) is 40.3 Å². The van der Waals surface area contributed by atoms with E-state index >= 15 is 0 Å². The number of anilines is 1. The van der Waals surface area contributed by atoms with Crippen LogP contribution >= 0.6 is 11.8 Å². The zero-order valence-corrected chi connectivity index (χ0v) is 25.5. The van der Waals surface area contributed by atoms with Crippen LogP contribution in [0.2, 0.25) is 0 Å². The van der Waals surface area contributed by atoms with Crippen LogP contribution in [0.3, 0.4) is 0 Å². The van der Waals surface area contributed by atoms with Crippen molar-refractivity contribution in [2.45, 2.75) is 36.4 Å². The van der Waals surface area contributed by atoms with Crippen molar-refractivity contribution in [3.63, 3.8) is 0 Å². The fourth-order valence-electron chi connectivity index (χ4n) is 4.73. The second-order valence-electron chi connectivity index (χ2n) is 9.93. The number of hydrogen-bond acceptors (Lipinski definition) is 8. The van der Waals surface area contributed by atoms with Crippen molar-refractivity contribution in [1.29, 1.82) is 0 Å². The predicted molar refractivity (Wildman–Crippen MR) is 164 cm³/mol. The van der Waals surface area contributed by atoms with Crippen LogP contribution < -0.4 is 15.4 Å². The van der Waals surface area contributed by atoms with Crippen LogP contribution in [0.25, 0.3) is 5.69 Å². The number of carbonyl (C=O) groups excluding carboxylic acids is 2. The molecule has 1 aromatic heterocycles. The minimum atomic E-state index is -3.57. The molecule has 11 nitrogen and oxygen atoms in total. The first kappa shape index (κ1) is 30.3. The summed E-state index contributed by atoms with van der Waals surface area (Å²) in [5, 5.41) is 14.8. The van der Waals surface area contributed by atoms with Gasteiger partial charge in [0, 0.05) is 24.3 Å². The van der Waals surface area contributed by atoms with Crippen LogP contribution in [0.15, 0.2) is 82.8 Å². The molecule has 1 saturated heterocycles. The van der Waals surface area contributed by atoms with E-state index in [0.29, 0.717) is 46.8 Å². The number of aryl methyl sites for hydroxylation is 1. The Morgan fingerprint density at radius 2 is 1.72 bits per heavy atom. The summed E-state index contributed by atoms with van der Waals surface area (Å²) in [5.74, 6) is 0.477. The third-order valence-corrected chi connectivity index (χ3v) is 9.73. The molecule has 5 rings (SSSR count). The Bertz CT molecular complexity index is 1720. The molecule has 0 aliphatic carbocycles. The van der Waals surface area contributed by atoms with Gasteiger partial charge in [-0.15, -0.1) is 10.2 Å². The zero-order valence-electron chi connectivity index (χ0n) is 23.8. The normalized spacial score (nSPS) is 13.5. The van der Waals surface area contributed by atoms with Gasteiger partial charge in [0.05, 0.1) is 30.0 Å². The molecule has 0 atom stereocenters. The van der Waals surface area contributed by atoms with Gasteiger partial charge < -0.3 is 15.4 Å². The van der Waals surface area contributed by atoms with Crippen molar-refractivity contribution in [2.75, 3.05) is 31.3 Å². The molecule has 2 amide bonds. The molecule has 1 fully saturated rings. The van der Waals surface area contributed by atoms with E-state index in [9.17, 15) is 18.0 Å². The number of amides is 2. The monoisotopic (exact) mass is 620 g/mol. The minimum absolute atomic E-state index is 0.0216. The summed E-state index contributed by atoms with van der Waals surface area (Å²) in [6.07, 6.45) is 1.69. The van der Waals surface area contributed by atoms with Gasteiger partial charge >= 0.3 is 0 Å². The van der Waals surface area contributed by atoms with Crippen LogP contribution in [-0.2, 0) is 21.4 Å². The molecule has 2 heterocycles. The number of aromatic nitrogens is 3. The Morgan fingerprint density at radius 3 is 2.44 bits per heavy atom. The van der Waals surface area contributed by atoms with E-state index in [1.807, 2.05) is 49.4 Å². The summed E-state index contributed by atoms with van der Waals surface area (Å²) in [6, 6.07) is 20.8. The number of methoxy groups -OCH3 is 1. The molecule has 3 aromatic carbocycles. The van der Waals surface area contributed by atoms with Gasteiger partial charge in [-0.2, -0.15) is 4.31 Å². The summed E-state index contributed by atoms with van der Waals surface area (Å²) in [7, 11) is -2.01. The second-order valence-corrected chi connectivity index (χ2v) is 12.8. The van der Waals surface area contributed by atoms with Crippen LogP contribution in [0.5, 0.6) is 5.75 Å². The van der Waals surface area contributed by atoms with Crippen molar-refractivity contribution >= 4 is 39.3 Å². The lowest BCUT2D eigenvalue weighted by molar-refractivity contribution is -0.113. The maximum atomic E-state index is 13.0.